The highest BCUT2D eigenvalue weighted by Gasteiger charge is 2.33. The van der Waals surface area contributed by atoms with E-state index in [0.717, 1.165) is 0 Å². The standard InChI is InChI=1S/C14H18N6O4S/c1-9-13(10(2)16-15-9)25(23,24)20-7-5-19(6-8-20)14(22)11-3-4-12(21)18-17-11/h3-4H,5-8H2,1-2H3,(H,15,16)(H,18,21). The molecule has 0 saturated carbocycles. The predicted molar refractivity (Wildman–Crippen MR) is 87.6 cm³/mol. The van der Waals surface area contributed by atoms with E-state index in [9.17, 15) is 18.0 Å². The molecule has 1 amide bonds. The van der Waals surface area contributed by atoms with E-state index in [0.29, 0.717) is 11.4 Å². The van der Waals surface area contributed by atoms with Crippen LogP contribution in [0.15, 0.2) is 21.8 Å². The average molecular weight is 366 g/mol. The Labute approximate surface area is 143 Å². The van der Waals surface area contributed by atoms with Gasteiger partial charge in [0.25, 0.3) is 11.5 Å². The van der Waals surface area contributed by atoms with Gasteiger partial charge in [0.2, 0.25) is 10.0 Å². The molecule has 2 aromatic rings. The number of carbonyl (C=O) groups excluding carboxylic acids is 1. The van der Waals surface area contributed by atoms with Crippen LogP contribution in [0, 0.1) is 13.8 Å². The summed E-state index contributed by atoms with van der Waals surface area (Å²) >= 11 is 0. The third-order valence-electron chi connectivity index (χ3n) is 4.08. The quantitative estimate of drug-likeness (QED) is 0.735. The molecule has 2 N–H and O–H groups in total. The first-order valence-electron chi connectivity index (χ1n) is 7.67. The Kier molecular flexibility index (Phi) is 4.43. The number of carbonyl (C=O) groups is 1. The van der Waals surface area contributed by atoms with Crippen molar-refractivity contribution >= 4 is 15.9 Å². The molecule has 1 saturated heterocycles. The Hall–Kier alpha value is -2.53. The molecule has 134 valence electrons. The smallest absolute Gasteiger partial charge is 0.274 e. The van der Waals surface area contributed by atoms with Crippen molar-refractivity contribution in [3.63, 3.8) is 0 Å². The number of sulfonamides is 1. The van der Waals surface area contributed by atoms with E-state index < -0.39 is 15.6 Å². The fourth-order valence-electron chi connectivity index (χ4n) is 2.81. The maximum Gasteiger partial charge on any atom is 0.274 e. The lowest BCUT2D eigenvalue weighted by molar-refractivity contribution is 0.0690. The lowest BCUT2D eigenvalue weighted by Crippen LogP contribution is -2.50. The van der Waals surface area contributed by atoms with E-state index >= 15 is 0 Å². The van der Waals surface area contributed by atoms with E-state index in [-0.39, 0.29) is 42.7 Å². The normalized spacial score (nSPS) is 16.2. The van der Waals surface area contributed by atoms with Crippen LogP contribution >= 0.6 is 0 Å². The molecule has 11 heteroatoms. The monoisotopic (exact) mass is 366 g/mol. The number of aromatic amines is 2. The number of amides is 1. The fourth-order valence-corrected chi connectivity index (χ4v) is 4.56. The Balaban J connectivity index is 1.72. The van der Waals surface area contributed by atoms with Crippen LogP contribution in [0.4, 0.5) is 0 Å². The molecule has 10 nitrogen and oxygen atoms in total. The number of rotatable bonds is 3. The summed E-state index contributed by atoms with van der Waals surface area (Å²) in [5.41, 5.74) is 0.651. The number of hydrogen-bond donors (Lipinski definition) is 2. The second kappa shape index (κ2) is 6.41. The molecular formula is C14H18N6O4S. The van der Waals surface area contributed by atoms with Gasteiger partial charge in [0, 0.05) is 32.2 Å². The van der Waals surface area contributed by atoms with Crippen molar-refractivity contribution < 1.29 is 13.2 Å². The SMILES string of the molecule is Cc1n[nH]c(C)c1S(=O)(=O)N1CCN(C(=O)c2ccc(=O)[nH]n2)CC1. The third-order valence-corrected chi connectivity index (χ3v) is 6.24. The van der Waals surface area contributed by atoms with E-state index in [4.69, 9.17) is 0 Å². The van der Waals surface area contributed by atoms with Gasteiger partial charge in [0.1, 0.15) is 10.6 Å². The lowest BCUT2D eigenvalue weighted by atomic mass is 10.3. The van der Waals surface area contributed by atoms with Gasteiger partial charge in [-0.3, -0.25) is 14.7 Å². The number of H-pyrrole nitrogens is 2. The number of piperazine rings is 1. The van der Waals surface area contributed by atoms with Gasteiger partial charge in [0.05, 0.1) is 11.4 Å². The molecule has 0 bridgehead atoms. The summed E-state index contributed by atoms with van der Waals surface area (Å²) in [6, 6.07) is 2.58. The molecule has 0 atom stereocenters. The van der Waals surface area contributed by atoms with Crippen LogP contribution in [-0.2, 0) is 10.0 Å². The summed E-state index contributed by atoms with van der Waals surface area (Å²) in [6.45, 7) is 4.15. The Morgan fingerprint density at radius 1 is 1.08 bits per heavy atom. The Morgan fingerprint density at radius 2 is 1.76 bits per heavy atom. The van der Waals surface area contributed by atoms with Crippen LogP contribution in [0.25, 0.3) is 0 Å². The molecule has 1 aliphatic rings. The summed E-state index contributed by atoms with van der Waals surface area (Å²) in [5.74, 6) is -0.344. The number of aromatic nitrogens is 4. The van der Waals surface area contributed by atoms with E-state index in [1.54, 1.807) is 13.8 Å². The summed E-state index contributed by atoms with van der Waals surface area (Å²) in [4.78, 5) is 25.1. The van der Waals surface area contributed by atoms with Gasteiger partial charge in [0.15, 0.2) is 0 Å². The topological polar surface area (TPSA) is 132 Å². The van der Waals surface area contributed by atoms with Crippen LogP contribution in [-0.4, -0.2) is 70.1 Å². The fraction of sp³-hybridized carbons (Fsp3) is 0.429. The minimum atomic E-state index is -3.66. The highest BCUT2D eigenvalue weighted by Crippen LogP contribution is 2.22. The summed E-state index contributed by atoms with van der Waals surface area (Å²) < 4.78 is 26.9. The average Bonchev–Trinajstić information content (AvgIpc) is 2.94. The van der Waals surface area contributed by atoms with Crippen LogP contribution < -0.4 is 5.56 Å². The summed E-state index contributed by atoms with van der Waals surface area (Å²) in [7, 11) is -3.66. The molecule has 1 fully saturated rings. The molecule has 0 aromatic carbocycles. The Morgan fingerprint density at radius 3 is 2.28 bits per heavy atom. The molecule has 1 aliphatic heterocycles. The van der Waals surface area contributed by atoms with Crippen molar-refractivity contribution in [2.45, 2.75) is 18.7 Å². The largest absolute Gasteiger partial charge is 0.335 e. The lowest BCUT2D eigenvalue weighted by Gasteiger charge is -2.33. The predicted octanol–water partition coefficient (Wildman–Crippen LogP) is -0.743. The van der Waals surface area contributed by atoms with Gasteiger partial charge in [-0.15, -0.1) is 0 Å². The molecule has 25 heavy (non-hydrogen) atoms. The van der Waals surface area contributed by atoms with E-state index in [1.165, 1.54) is 21.3 Å². The van der Waals surface area contributed by atoms with Crippen LogP contribution in [0.5, 0.6) is 0 Å². The first-order chi connectivity index (χ1) is 11.8. The minimum absolute atomic E-state index is 0.123. The highest BCUT2D eigenvalue weighted by molar-refractivity contribution is 7.89. The van der Waals surface area contributed by atoms with Gasteiger partial charge in [-0.2, -0.15) is 14.5 Å². The molecule has 0 unspecified atom stereocenters. The van der Waals surface area contributed by atoms with E-state index in [2.05, 4.69) is 20.4 Å². The van der Waals surface area contributed by atoms with Gasteiger partial charge < -0.3 is 4.90 Å². The zero-order valence-corrected chi connectivity index (χ0v) is 14.6. The number of aryl methyl sites for hydroxylation is 2. The second-order valence-corrected chi connectivity index (χ2v) is 7.64. The number of nitrogens with zero attached hydrogens (tertiary/aromatic N) is 4. The van der Waals surface area contributed by atoms with Gasteiger partial charge >= 0.3 is 0 Å². The first kappa shape index (κ1) is 17.3. The van der Waals surface area contributed by atoms with Crippen molar-refractivity contribution in [1.82, 2.24) is 29.6 Å². The van der Waals surface area contributed by atoms with Crippen molar-refractivity contribution in [2.75, 3.05) is 26.2 Å². The van der Waals surface area contributed by atoms with Gasteiger partial charge in [-0.1, -0.05) is 0 Å². The van der Waals surface area contributed by atoms with E-state index in [1.807, 2.05) is 0 Å². The van der Waals surface area contributed by atoms with Crippen LogP contribution in [0.3, 0.4) is 0 Å². The second-order valence-electron chi connectivity index (χ2n) is 5.77. The Bertz CT molecular complexity index is 916. The minimum Gasteiger partial charge on any atom is -0.335 e. The molecular weight excluding hydrogens is 348 g/mol. The molecule has 2 aromatic heterocycles. The summed E-state index contributed by atoms with van der Waals surface area (Å²) in [5, 5.41) is 12.5. The van der Waals surface area contributed by atoms with Crippen molar-refractivity contribution in [1.29, 1.82) is 0 Å². The van der Waals surface area contributed by atoms with Crippen molar-refractivity contribution in [2.24, 2.45) is 0 Å². The molecule has 3 rings (SSSR count). The molecule has 0 spiro atoms. The number of hydrogen-bond acceptors (Lipinski definition) is 6. The first-order valence-corrected chi connectivity index (χ1v) is 9.11. The van der Waals surface area contributed by atoms with Crippen LogP contribution in [0.2, 0.25) is 0 Å². The van der Waals surface area contributed by atoms with Crippen molar-refractivity contribution in [3.05, 3.63) is 39.6 Å². The maximum atomic E-state index is 12.8. The zero-order valence-electron chi connectivity index (χ0n) is 13.8. The molecule has 0 aliphatic carbocycles. The van der Waals surface area contributed by atoms with Gasteiger partial charge in [-0.25, -0.2) is 13.5 Å². The van der Waals surface area contributed by atoms with Gasteiger partial charge in [-0.05, 0) is 19.9 Å². The third kappa shape index (κ3) is 3.20. The molecule has 3 heterocycles. The highest BCUT2D eigenvalue weighted by atomic mass is 32.2. The van der Waals surface area contributed by atoms with Crippen LogP contribution in [0.1, 0.15) is 21.9 Å². The molecule has 0 radical (unpaired) electrons. The maximum absolute atomic E-state index is 12.8. The van der Waals surface area contributed by atoms with Crippen molar-refractivity contribution in [3.8, 4) is 0 Å². The zero-order chi connectivity index (χ0) is 18.2. The summed E-state index contributed by atoms with van der Waals surface area (Å²) in [6.07, 6.45) is 0. The number of nitrogens with one attached hydrogen (secondary N) is 2.